The molecule has 0 unspecified atom stereocenters. The van der Waals surface area contributed by atoms with Crippen molar-refractivity contribution >= 4 is 35.1 Å². The summed E-state index contributed by atoms with van der Waals surface area (Å²) >= 11 is 11.8. The van der Waals surface area contributed by atoms with Crippen molar-refractivity contribution in [2.24, 2.45) is 0 Å². The quantitative estimate of drug-likeness (QED) is 0.683. The molecule has 2 rings (SSSR count). The highest BCUT2D eigenvalue weighted by molar-refractivity contribution is 6.35. The smallest absolute Gasteiger partial charge is 0.310 e. The first-order valence-electron chi connectivity index (χ1n) is 8.37. The minimum Gasteiger partial charge on any atom is -0.455 e. The van der Waals surface area contributed by atoms with Gasteiger partial charge < -0.3 is 10.1 Å². The number of benzene rings is 2. The van der Waals surface area contributed by atoms with Gasteiger partial charge in [0.05, 0.1) is 6.42 Å². The van der Waals surface area contributed by atoms with Gasteiger partial charge in [-0.3, -0.25) is 9.59 Å². The molecular formula is C20H21Cl2NO3. The predicted octanol–water partition coefficient (Wildman–Crippen LogP) is 4.22. The molecule has 0 bridgehead atoms. The van der Waals surface area contributed by atoms with Gasteiger partial charge in [0.25, 0.3) is 5.91 Å². The van der Waals surface area contributed by atoms with Crippen LogP contribution in [0.25, 0.3) is 0 Å². The van der Waals surface area contributed by atoms with Crippen LogP contribution in [-0.4, -0.2) is 24.5 Å². The van der Waals surface area contributed by atoms with Gasteiger partial charge in [0.1, 0.15) is 0 Å². The SMILES string of the molecule is C[C@@H](CCc1ccccc1)NC(=O)COC(=O)Cc1ccc(Cl)cc1Cl. The van der Waals surface area contributed by atoms with E-state index in [1.807, 2.05) is 25.1 Å². The number of aryl methyl sites for hydroxylation is 1. The average molecular weight is 394 g/mol. The normalized spacial score (nSPS) is 11.7. The van der Waals surface area contributed by atoms with Crippen molar-refractivity contribution in [3.05, 3.63) is 69.7 Å². The first-order valence-corrected chi connectivity index (χ1v) is 9.12. The second kappa shape index (κ2) is 10.2. The summed E-state index contributed by atoms with van der Waals surface area (Å²) in [5.41, 5.74) is 1.83. The van der Waals surface area contributed by atoms with Gasteiger partial charge in [-0.2, -0.15) is 0 Å². The summed E-state index contributed by atoms with van der Waals surface area (Å²) in [4.78, 5) is 23.8. The lowest BCUT2D eigenvalue weighted by Gasteiger charge is -2.14. The standard InChI is InChI=1S/C20H21Cl2NO3/c1-14(7-8-15-5-3-2-4-6-15)23-19(24)13-26-20(25)11-16-9-10-17(21)12-18(16)22/h2-6,9-10,12,14H,7-8,11,13H2,1H3,(H,23,24)/t14-/m0/s1. The van der Waals surface area contributed by atoms with E-state index < -0.39 is 5.97 Å². The molecule has 0 heterocycles. The van der Waals surface area contributed by atoms with Crippen molar-refractivity contribution in [2.45, 2.75) is 32.2 Å². The maximum Gasteiger partial charge on any atom is 0.310 e. The van der Waals surface area contributed by atoms with Crippen molar-refractivity contribution in [3.63, 3.8) is 0 Å². The van der Waals surface area contributed by atoms with Crippen molar-refractivity contribution in [1.29, 1.82) is 0 Å². The molecule has 138 valence electrons. The fraction of sp³-hybridized carbons (Fsp3) is 0.300. The van der Waals surface area contributed by atoms with Crippen molar-refractivity contribution in [3.8, 4) is 0 Å². The largest absolute Gasteiger partial charge is 0.455 e. The van der Waals surface area contributed by atoms with Crippen LogP contribution in [0.2, 0.25) is 10.0 Å². The third-order valence-corrected chi connectivity index (χ3v) is 4.42. The van der Waals surface area contributed by atoms with Crippen LogP contribution in [0.3, 0.4) is 0 Å². The average Bonchev–Trinajstić information content (AvgIpc) is 2.61. The summed E-state index contributed by atoms with van der Waals surface area (Å²) in [6, 6.07) is 14.9. The lowest BCUT2D eigenvalue weighted by Crippen LogP contribution is -2.36. The van der Waals surface area contributed by atoms with E-state index in [4.69, 9.17) is 27.9 Å². The molecule has 0 aliphatic rings. The zero-order valence-corrected chi connectivity index (χ0v) is 16.0. The highest BCUT2D eigenvalue weighted by atomic mass is 35.5. The number of nitrogens with one attached hydrogen (secondary N) is 1. The molecular weight excluding hydrogens is 373 g/mol. The molecule has 0 spiro atoms. The van der Waals surface area contributed by atoms with E-state index in [-0.39, 0.29) is 25.0 Å². The molecule has 1 amide bonds. The van der Waals surface area contributed by atoms with E-state index >= 15 is 0 Å². The maximum atomic E-state index is 11.9. The molecule has 1 atom stereocenters. The van der Waals surface area contributed by atoms with Gasteiger partial charge in [-0.25, -0.2) is 0 Å². The van der Waals surface area contributed by atoms with Crippen LogP contribution in [0.4, 0.5) is 0 Å². The lowest BCUT2D eigenvalue weighted by molar-refractivity contribution is -0.148. The summed E-state index contributed by atoms with van der Waals surface area (Å²) in [6.45, 7) is 1.62. The molecule has 26 heavy (non-hydrogen) atoms. The maximum absolute atomic E-state index is 11.9. The topological polar surface area (TPSA) is 55.4 Å². The number of rotatable bonds is 8. The van der Waals surface area contributed by atoms with Gasteiger partial charge in [-0.05, 0) is 43.0 Å². The van der Waals surface area contributed by atoms with Crippen LogP contribution in [0.5, 0.6) is 0 Å². The number of ether oxygens (including phenoxy) is 1. The fourth-order valence-electron chi connectivity index (χ4n) is 2.43. The Bertz CT molecular complexity index is 750. The first kappa shape index (κ1) is 20.3. The zero-order chi connectivity index (χ0) is 18.9. The molecule has 0 aliphatic carbocycles. The zero-order valence-electron chi connectivity index (χ0n) is 14.5. The number of esters is 1. The van der Waals surface area contributed by atoms with Gasteiger partial charge in [-0.15, -0.1) is 0 Å². The predicted molar refractivity (Wildman–Crippen MR) is 103 cm³/mol. The number of carbonyl (C=O) groups is 2. The van der Waals surface area contributed by atoms with Crippen LogP contribution in [-0.2, 0) is 27.2 Å². The van der Waals surface area contributed by atoms with E-state index in [0.717, 1.165) is 12.8 Å². The summed E-state index contributed by atoms with van der Waals surface area (Å²) in [7, 11) is 0. The third-order valence-electron chi connectivity index (χ3n) is 3.83. The number of carbonyl (C=O) groups excluding carboxylic acids is 2. The van der Waals surface area contributed by atoms with Gasteiger partial charge >= 0.3 is 5.97 Å². The molecule has 1 N–H and O–H groups in total. The lowest BCUT2D eigenvalue weighted by atomic mass is 10.1. The minimum absolute atomic E-state index is 0.00710. The first-order chi connectivity index (χ1) is 12.4. The Balaban J connectivity index is 1.69. The molecule has 0 aromatic heterocycles. The summed E-state index contributed by atoms with van der Waals surface area (Å²) in [5, 5.41) is 3.72. The molecule has 0 saturated heterocycles. The van der Waals surface area contributed by atoms with E-state index in [1.165, 1.54) is 5.56 Å². The molecule has 0 radical (unpaired) electrons. The van der Waals surface area contributed by atoms with E-state index in [2.05, 4.69) is 17.4 Å². The van der Waals surface area contributed by atoms with Gasteiger partial charge in [-0.1, -0.05) is 59.6 Å². The number of halogens is 2. The minimum atomic E-state index is -0.513. The van der Waals surface area contributed by atoms with Crippen molar-refractivity contribution in [1.82, 2.24) is 5.32 Å². The highest BCUT2D eigenvalue weighted by Gasteiger charge is 2.13. The molecule has 2 aromatic rings. The number of hydrogen-bond acceptors (Lipinski definition) is 3. The van der Waals surface area contributed by atoms with E-state index in [0.29, 0.717) is 15.6 Å². The van der Waals surface area contributed by atoms with Crippen LogP contribution in [0, 0.1) is 0 Å². The Hall–Kier alpha value is -2.04. The Kier molecular flexibility index (Phi) is 7.95. The van der Waals surface area contributed by atoms with Gasteiger partial charge in [0.2, 0.25) is 0 Å². The Labute approximate surface area is 163 Å². The van der Waals surface area contributed by atoms with Crippen LogP contribution < -0.4 is 5.32 Å². The Morgan fingerprint density at radius 1 is 1.12 bits per heavy atom. The Morgan fingerprint density at radius 3 is 2.54 bits per heavy atom. The molecule has 2 aromatic carbocycles. The summed E-state index contributed by atoms with van der Waals surface area (Å²) in [5.74, 6) is -0.831. The third kappa shape index (κ3) is 7.06. The molecule has 0 saturated carbocycles. The van der Waals surface area contributed by atoms with Crippen molar-refractivity contribution < 1.29 is 14.3 Å². The van der Waals surface area contributed by atoms with E-state index in [9.17, 15) is 9.59 Å². The summed E-state index contributed by atoms with van der Waals surface area (Å²) in [6.07, 6.45) is 1.67. The van der Waals surface area contributed by atoms with Gasteiger partial charge in [0, 0.05) is 16.1 Å². The second-order valence-electron chi connectivity index (χ2n) is 6.07. The molecule has 6 heteroatoms. The molecule has 4 nitrogen and oxygen atoms in total. The highest BCUT2D eigenvalue weighted by Crippen LogP contribution is 2.21. The van der Waals surface area contributed by atoms with Crippen LogP contribution in [0.15, 0.2) is 48.5 Å². The van der Waals surface area contributed by atoms with E-state index in [1.54, 1.807) is 18.2 Å². The fourth-order valence-corrected chi connectivity index (χ4v) is 2.91. The van der Waals surface area contributed by atoms with Crippen LogP contribution >= 0.6 is 23.2 Å². The summed E-state index contributed by atoms with van der Waals surface area (Å²) < 4.78 is 5.01. The molecule has 0 aliphatic heterocycles. The Morgan fingerprint density at radius 2 is 1.85 bits per heavy atom. The van der Waals surface area contributed by atoms with Crippen LogP contribution in [0.1, 0.15) is 24.5 Å². The monoisotopic (exact) mass is 393 g/mol. The number of hydrogen-bond donors (Lipinski definition) is 1. The van der Waals surface area contributed by atoms with Crippen molar-refractivity contribution in [2.75, 3.05) is 6.61 Å². The number of amides is 1. The molecule has 0 fully saturated rings. The second-order valence-corrected chi connectivity index (χ2v) is 6.91. The van der Waals surface area contributed by atoms with Gasteiger partial charge in [0.15, 0.2) is 6.61 Å².